The number of aliphatic hydroxyl groups is 1. The summed E-state index contributed by atoms with van der Waals surface area (Å²) in [6.45, 7) is 4.93. The molecule has 1 aromatic carbocycles. The van der Waals surface area contributed by atoms with Crippen LogP contribution in [0.15, 0.2) is 18.2 Å². The molecule has 1 rings (SSSR count). The van der Waals surface area contributed by atoms with Crippen LogP contribution in [0.4, 0.5) is 11.4 Å². The Kier molecular flexibility index (Phi) is 6.87. The van der Waals surface area contributed by atoms with Gasteiger partial charge in [-0.1, -0.05) is 6.92 Å². The lowest BCUT2D eigenvalue weighted by Crippen LogP contribution is -2.30. The van der Waals surface area contributed by atoms with Crippen LogP contribution >= 0.6 is 11.8 Å². The minimum Gasteiger partial charge on any atom is -0.491 e. The molecule has 0 aliphatic carbocycles. The summed E-state index contributed by atoms with van der Waals surface area (Å²) in [5, 5.41) is 12.8. The third-order valence-corrected chi connectivity index (χ3v) is 4.07. The van der Waals surface area contributed by atoms with Gasteiger partial charge in [0.15, 0.2) is 0 Å². The molecule has 0 bridgehead atoms. The Hall–Kier alpha value is -1.07. The Labute approximate surface area is 119 Å². The predicted octanol–water partition coefficient (Wildman–Crippen LogP) is 2.58. The molecule has 0 saturated carbocycles. The van der Waals surface area contributed by atoms with Gasteiger partial charge in [0.25, 0.3) is 0 Å². The number of hydrogen-bond acceptors (Lipinski definition) is 5. The first-order chi connectivity index (χ1) is 9.12. The molecule has 0 aliphatic heterocycles. The highest BCUT2D eigenvalue weighted by atomic mass is 32.2. The third kappa shape index (κ3) is 4.84. The second kappa shape index (κ2) is 8.17. The van der Waals surface area contributed by atoms with E-state index in [1.165, 1.54) is 0 Å². The van der Waals surface area contributed by atoms with Crippen molar-refractivity contribution < 1.29 is 9.84 Å². The smallest absolute Gasteiger partial charge is 0.144 e. The molecule has 1 aromatic rings. The maximum atomic E-state index is 9.28. The van der Waals surface area contributed by atoms with E-state index < -0.39 is 0 Å². The fourth-order valence-electron chi connectivity index (χ4n) is 1.75. The molecule has 4 N–H and O–H groups in total. The molecule has 108 valence electrons. The molecule has 19 heavy (non-hydrogen) atoms. The van der Waals surface area contributed by atoms with E-state index >= 15 is 0 Å². The number of rotatable bonds is 8. The fraction of sp³-hybridized carbons (Fsp3) is 0.571. The van der Waals surface area contributed by atoms with E-state index in [4.69, 9.17) is 10.5 Å². The lowest BCUT2D eigenvalue weighted by molar-refractivity contribution is 0.288. The number of benzene rings is 1. The van der Waals surface area contributed by atoms with Crippen molar-refractivity contribution in [3.63, 3.8) is 0 Å². The van der Waals surface area contributed by atoms with E-state index in [1.54, 1.807) is 11.8 Å². The maximum Gasteiger partial charge on any atom is 0.144 e. The van der Waals surface area contributed by atoms with Gasteiger partial charge in [-0.05, 0) is 31.7 Å². The zero-order valence-corrected chi connectivity index (χ0v) is 12.7. The molecule has 0 spiro atoms. The average Bonchev–Trinajstić information content (AvgIpc) is 2.40. The largest absolute Gasteiger partial charge is 0.491 e. The van der Waals surface area contributed by atoms with E-state index in [0.29, 0.717) is 18.0 Å². The summed E-state index contributed by atoms with van der Waals surface area (Å²) in [5.41, 5.74) is 7.48. The van der Waals surface area contributed by atoms with E-state index in [-0.39, 0.29) is 17.9 Å². The topological polar surface area (TPSA) is 67.5 Å². The number of aliphatic hydroxyl groups excluding tert-OH is 1. The zero-order valence-electron chi connectivity index (χ0n) is 11.8. The van der Waals surface area contributed by atoms with Gasteiger partial charge in [0.1, 0.15) is 5.75 Å². The quantitative estimate of drug-likeness (QED) is 0.640. The number of nitrogens with one attached hydrogen (secondary N) is 1. The van der Waals surface area contributed by atoms with Crippen LogP contribution in [-0.2, 0) is 0 Å². The molecule has 0 aromatic heterocycles. The van der Waals surface area contributed by atoms with E-state index in [0.717, 1.165) is 12.1 Å². The van der Waals surface area contributed by atoms with Crippen LogP contribution in [0.3, 0.4) is 0 Å². The van der Waals surface area contributed by atoms with Gasteiger partial charge < -0.3 is 20.9 Å². The molecule has 5 heteroatoms. The van der Waals surface area contributed by atoms with Crippen molar-refractivity contribution in [3.8, 4) is 5.75 Å². The van der Waals surface area contributed by atoms with Gasteiger partial charge in [0.2, 0.25) is 0 Å². The van der Waals surface area contributed by atoms with E-state index in [9.17, 15) is 5.11 Å². The van der Waals surface area contributed by atoms with E-state index in [2.05, 4.69) is 19.2 Å². The summed E-state index contributed by atoms with van der Waals surface area (Å²) in [6.07, 6.45) is 2.95. The van der Waals surface area contributed by atoms with Crippen LogP contribution in [0.1, 0.15) is 20.3 Å². The molecule has 0 amide bonds. The number of hydrogen-bond donors (Lipinski definition) is 3. The molecule has 2 unspecified atom stereocenters. The Morgan fingerprint density at radius 3 is 2.79 bits per heavy atom. The molecule has 0 fully saturated rings. The van der Waals surface area contributed by atoms with Gasteiger partial charge in [-0.25, -0.2) is 0 Å². The minimum atomic E-state index is 0.156. The van der Waals surface area contributed by atoms with Crippen molar-refractivity contribution in [2.75, 3.05) is 30.5 Å². The summed E-state index contributed by atoms with van der Waals surface area (Å²) in [5.74, 6) is 0.712. The first kappa shape index (κ1) is 16.0. The summed E-state index contributed by atoms with van der Waals surface area (Å²) in [6, 6.07) is 5.85. The number of nitrogens with two attached hydrogens (primary N) is 1. The zero-order chi connectivity index (χ0) is 14.3. The van der Waals surface area contributed by atoms with Crippen LogP contribution in [0.25, 0.3) is 0 Å². The summed E-state index contributed by atoms with van der Waals surface area (Å²) >= 11 is 1.65. The van der Waals surface area contributed by atoms with Gasteiger partial charge in [0, 0.05) is 23.0 Å². The lowest BCUT2D eigenvalue weighted by atomic mass is 10.2. The molecule has 2 atom stereocenters. The van der Waals surface area contributed by atoms with Crippen LogP contribution in [-0.4, -0.2) is 35.9 Å². The highest BCUT2D eigenvalue weighted by molar-refractivity contribution is 7.99. The standard InChI is InChI=1S/C14H24N2O2S/c1-4-7-18-13-8-11(5-6-12(13)15)16-10(2)14(9-17)19-3/h5-6,8,10,14,16-17H,4,7,9,15H2,1-3H3. The average molecular weight is 284 g/mol. The van der Waals surface area contributed by atoms with Crippen LogP contribution in [0.2, 0.25) is 0 Å². The fourth-order valence-corrected chi connectivity index (χ4v) is 2.38. The summed E-state index contributed by atoms with van der Waals surface area (Å²) < 4.78 is 5.60. The van der Waals surface area contributed by atoms with Crippen LogP contribution < -0.4 is 15.8 Å². The first-order valence-corrected chi connectivity index (χ1v) is 7.83. The Balaban J connectivity index is 2.73. The van der Waals surface area contributed by atoms with Crippen molar-refractivity contribution in [1.82, 2.24) is 0 Å². The third-order valence-electron chi connectivity index (χ3n) is 2.91. The number of ether oxygens (including phenoxy) is 1. The van der Waals surface area contributed by atoms with Gasteiger partial charge >= 0.3 is 0 Å². The van der Waals surface area contributed by atoms with Gasteiger partial charge in [0.05, 0.1) is 18.9 Å². The highest BCUT2D eigenvalue weighted by Gasteiger charge is 2.15. The lowest BCUT2D eigenvalue weighted by Gasteiger charge is -2.23. The molecule has 0 radical (unpaired) electrons. The normalized spacial score (nSPS) is 13.9. The molecule has 0 aliphatic rings. The van der Waals surface area contributed by atoms with Gasteiger partial charge in [-0.15, -0.1) is 0 Å². The van der Waals surface area contributed by atoms with Gasteiger partial charge in [-0.2, -0.15) is 11.8 Å². The van der Waals surface area contributed by atoms with Crippen molar-refractivity contribution in [1.29, 1.82) is 0 Å². The van der Waals surface area contributed by atoms with Crippen molar-refractivity contribution in [3.05, 3.63) is 18.2 Å². The molecule has 0 saturated heterocycles. The van der Waals surface area contributed by atoms with Crippen molar-refractivity contribution >= 4 is 23.1 Å². The number of thioether (sulfide) groups is 1. The highest BCUT2D eigenvalue weighted by Crippen LogP contribution is 2.27. The maximum absolute atomic E-state index is 9.28. The SMILES string of the molecule is CCCOc1cc(NC(C)C(CO)SC)ccc1N. The monoisotopic (exact) mass is 284 g/mol. The number of nitrogen functional groups attached to an aromatic ring is 1. The van der Waals surface area contributed by atoms with Gasteiger partial charge in [-0.3, -0.25) is 0 Å². The predicted molar refractivity (Wildman–Crippen MR) is 84.1 cm³/mol. The van der Waals surface area contributed by atoms with Crippen molar-refractivity contribution in [2.24, 2.45) is 0 Å². The Morgan fingerprint density at radius 2 is 2.21 bits per heavy atom. The van der Waals surface area contributed by atoms with Crippen LogP contribution in [0, 0.1) is 0 Å². The molecular formula is C14H24N2O2S. The van der Waals surface area contributed by atoms with Crippen molar-refractivity contribution in [2.45, 2.75) is 31.6 Å². The molecule has 0 heterocycles. The number of anilines is 2. The molecular weight excluding hydrogens is 260 g/mol. The second-order valence-electron chi connectivity index (χ2n) is 4.49. The summed E-state index contributed by atoms with van der Waals surface area (Å²) in [7, 11) is 0. The second-order valence-corrected chi connectivity index (χ2v) is 5.57. The Bertz CT molecular complexity index is 384. The van der Waals surface area contributed by atoms with E-state index in [1.807, 2.05) is 24.5 Å². The molecule has 4 nitrogen and oxygen atoms in total. The summed E-state index contributed by atoms with van der Waals surface area (Å²) in [4.78, 5) is 0. The minimum absolute atomic E-state index is 0.156. The van der Waals surface area contributed by atoms with Crippen LogP contribution in [0.5, 0.6) is 5.75 Å². The Morgan fingerprint density at radius 1 is 1.47 bits per heavy atom. The first-order valence-electron chi connectivity index (χ1n) is 6.54.